The standard InChI is InChI=1S/C34H50O4/c1-13-14-26(7)31(35)27(8)19-24(5)17-22(3)15-21(2)16-23(4)18-25(6)20-28(9)33-29(10)32(36)30(11)34(37-12)38-33/h15-17,19-20,24-26H,13-14,18H2,1-12H3/b21-15+,22-17+,23-16+,27-19+,28-20+. The normalized spacial score (nSPS) is 16.4. The van der Waals surface area contributed by atoms with Gasteiger partial charge in [-0.1, -0.05) is 81.2 Å². The van der Waals surface area contributed by atoms with Crippen LogP contribution in [0.3, 0.4) is 0 Å². The van der Waals surface area contributed by atoms with Crippen molar-refractivity contribution in [2.45, 2.75) is 95.4 Å². The van der Waals surface area contributed by atoms with Crippen LogP contribution in [0.4, 0.5) is 0 Å². The van der Waals surface area contributed by atoms with Crippen molar-refractivity contribution < 1.29 is 13.9 Å². The maximum absolute atomic E-state index is 12.5. The number of carbonyl (C=O) groups excluding carboxylic acids is 1. The molecule has 4 nitrogen and oxygen atoms in total. The second-order valence-corrected chi connectivity index (χ2v) is 11.1. The molecule has 0 aliphatic rings. The monoisotopic (exact) mass is 522 g/mol. The Bertz CT molecular complexity index is 1180. The second kappa shape index (κ2) is 15.5. The molecule has 0 bridgehead atoms. The molecule has 1 rings (SSSR count). The first-order valence-corrected chi connectivity index (χ1v) is 13.8. The van der Waals surface area contributed by atoms with Gasteiger partial charge in [-0.2, -0.15) is 0 Å². The van der Waals surface area contributed by atoms with Crippen LogP contribution in [0.15, 0.2) is 61.9 Å². The van der Waals surface area contributed by atoms with Gasteiger partial charge in [-0.15, -0.1) is 0 Å². The van der Waals surface area contributed by atoms with Crippen molar-refractivity contribution in [3.8, 4) is 5.95 Å². The average Bonchev–Trinajstić information content (AvgIpc) is 2.81. The summed E-state index contributed by atoms with van der Waals surface area (Å²) in [5.74, 6) is 1.67. The molecule has 0 aromatic carbocycles. The number of hydrogen-bond acceptors (Lipinski definition) is 4. The van der Waals surface area contributed by atoms with Crippen LogP contribution in [0, 0.1) is 31.6 Å². The first-order valence-electron chi connectivity index (χ1n) is 13.8. The summed E-state index contributed by atoms with van der Waals surface area (Å²) in [6, 6.07) is 0. The topological polar surface area (TPSA) is 56.5 Å². The van der Waals surface area contributed by atoms with Crippen LogP contribution in [0.1, 0.15) is 98.5 Å². The summed E-state index contributed by atoms with van der Waals surface area (Å²) in [6.45, 7) is 22.2. The van der Waals surface area contributed by atoms with Gasteiger partial charge in [0, 0.05) is 11.5 Å². The Morgan fingerprint density at radius 1 is 0.921 bits per heavy atom. The van der Waals surface area contributed by atoms with Gasteiger partial charge in [-0.25, -0.2) is 0 Å². The van der Waals surface area contributed by atoms with Crippen molar-refractivity contribution in [3.05, 3.63) is 79.8 Å². The molecule has 1 aromatic rings. The summed E-state index contributed by atoms with van der Waals surface area (Å²) in [6.07, 6.45) is 13.7. The van der Waals surface area contributed by atoms with Gasteiger partial charge in [-0.05, 0) is 84.3 Å². The van der Waals surface area contributed by atoms with Crippen LogP contribution < -0.4 is 10.2 Å². The number of ether oxygens (including phenoxy) is 1. The lowest BCUT2D eigenvalue weighted by Gasteiger charge is -2.12. The molecular weight excluding hydrogens is 472 g/mol. The third kappa shape index (κ3) is 10.1. The molecule has 4 heteroatoms. The minimum absolute atomic E-state index is 0.0404. The lowest BCUT2D eigenvalue weighted by Crippen LogP contribution is -2.12. The molecule has 0 radical (unpaired) electrons. The molecule has 0 fully saturated rings. The molecular formula is C34H50O4. The summed E-state index contributed by atoms with van der Waals surface area (Å²) < 4.78 is 11.1. The second-order valence-electron chi connectivity index (χ2n) is 11.1. The maximum atomic E-state index is 12.5. The van der Waals surface area contributed by atoms with Gasteiger partial charge in [0.25, 0.3) is 5.95 Å². The van der Waals surface area contributed by atoms with E-state index in [-0.39, 0.29) is 34.9 Å². The lowest BCUT2D eigenvalue weighted by molar-refractivity contribution is -0.118. The van der Waals surface area contributed by atoms with E-state index in [1.807, 2.05) is 20.8 Å². The van der Waals surface area contributed by atoms with Gasteiger partial charge < -0.3 is 9.15 Å². The molecule has 0 amide bonds. The Kier molecular flexibility index (Phi) is 13.5. The fourth-order valence-corrected chi connectivity index (χ4v) is 5.15. The molecule has 3 unspecified atom stereocenters. The Morgan fingerprint density at radius 3 is 2.13 bits per heavy atom. The lowest BCUT2D eigenvalue weighted by atomic mass is 9.93. The molecule has 38 heavy (non-hydrogen) atoms. The summed E-state index contributed by atoms with van der Waals surface area (Å²) in [7, 11) is 1.52. The number of Topliss-reactive ketones (excluding diaryl/α,β-unsaturated/α-hetero) is 1. The highest BCUT2D eigenvalue weighted by molar-refractivity contribution is 5.96. The summed E-state index contributed by atoms with van der Waals surface area (Å²) in [4.78, 5) is 25.1. The largest absolute Gasteiger partial charge is 0.468 e. The quantitative estimate of drug-likeness (QED) is 0.191. The van der Waals surface area contributed by atoms with Crippen LogP contribution in [-0.4, -0.2) is 12.9 Å². The van der Waals surface area contributed by atoms with E-state index in [0.29, 0.717) is 16.9 Å². The first kappa shape index (κ1) is 33.1. The third-order valence-corrected chi connectivity index (χ3v) is 6.77. The number of carbonyl (C=O) groups is 1. The zero-order valence-electron chi connectivity index (χ0n) is 25.9. The fraction of sp³-hybridized carbons (Fsp3) is 0.529. The van der Waals surface area contributed by atoms with E-state index in [0.717, 1.165) is 30.4 Å². The van der Waals surface area contributed by atoms with Crippen molar-refractivity contribution in [2.24, 2.45) is 17.8 Å². The molecule has 1 aromatic heterocycles. The van der Waals surface area contributed by atoms with Crippen molar-refractivity contribution in [3.63, 3.8) is 0 Å². The fourth-order valence-electron chi connectivity index (χ4n) is 5.15. The summed E-state index contributed by atoms with van der Waals surface area (Å²) in [5, 5.41) is 0. The van der Waals surface area contributed by atoms with E-state index < -0.39 is 0 Å². The smallest absolute Gasteiger partial charge is 0.291 e. The number of ketones is 1. The van der Waals surface area contributed by atoms with Crippen LogP contribution in [-0.2, 0) is 4.79 Å². The molecule has 1 heterocycles. The molecule has 0 saturated heterocycles. The highest BCUT2D eigenvalue weighted by Crippen LogP contribution is 2.26. The van der Waals surface area contributed by atoms with Gasteiger partial charge in [0.2, 0.25) is 0 Å². The Morgan fingerprint density at radius 2 is 1.55 bits per heavy atom. The maximum Gasteiger partial charge on any atom is 0.291 e. The van der Waals surface area contributed by atoms with E-state index in [1.165, 1.54) is 23.8 Å². The van der Waals surface area contributed by atoms with E-state index in [9.17, 15) is 9.59 Å². The summed E-state index contributed by atoms with van der Waals surface area (Å²) in [5.41, 5.74) is 6.50. The summed E-state index contributed by atoms with van der Waals surface area (Å²) >= 11 is 0. The van der Waals surface area contributed by atoms with Gasteiger partial charge in [0.1, 0.15) is 5.76 Å². The number of allylic oxidation sites excluding steroid dienone is 10. The van der Waals surface area contributed by atoms with Crippen molar-refractivity contribution in [2.75, 3.05) is 7.11 Å². The highest BCUT2D eigenvalue weighted by Gasteiger charge is 2.16. The Labute approximate surface area is 231 Å². The zero-order chi connectivity index (χ0) is 29.2. The average molecular weight is 523 g/mol. The van der Waals surface area contributed by atoms with Gasteiger partial charge >= 0.3 is 0 Å². The van der Waals surface area contributed by atoms with E-state index in [2.05, 4.69) is 71.9 Å². The van der Waals surface area contributed by atoms with Crippen molar-refractivity contribution in [1.29, 1.82) is 0 Å². The SMILES string of the molecule is CCCC(C)C(=O)/C(C)=C/C(C)/C=C(C)/C=C(C)/C=C(\C)CC(C)/C=C(\C)c1oc(OC)c(C)c(=O)c1C. The molecule has 210 valence electrons. The minimum atomic E-state index is -0.0404. The molecule has 0 saturated carbocycles. The minimum Gasteiger partial charge on any atom is -0.468 e. The van der Waals surface area contributed by atoms with Crippen molar-refractivity contribution in [1.82, 2.24) is 0 Å². The predicted octanol–water partition coefficient (Wildman–Crippen LogP) is 9.12. The highest BCUT2D eigenvalue weighted by atomic mass is 16.6. The Balaban J connectivity index is 2.95. The number of methoxy groups -OCH3 is 1. The van der Waals surface area contributed by atoms with Crippen LogP contribution in [0.2, 0.25) is 0 Å². The van der Waals surface area contributed by atoms with E-state index >= 15 is 0 Å². The van der Waals surface area contributed by atoms with Crippen LogP contribution in [0.5, 0.6) is 5.95 Å². The van der Waals surface area contributed by atoms with Gasteiger partial charge in [0.05, 0.1) is 12.7 Å². The molecule has 0 aliphatic heterocycles. The predicted molar refractivity (Wildman–Crippen MR) is 162 cm³/mol. The third-order valence-electron chi connectivity index (χ3n) is 6.77. The van der Waals surface area contributed by atoms with E-state index in [1.54, 1.807) is 13.8 Å². The van der Waals surface area contributed by atoms with Crippen LogP contribution >= 0.6 is 0 Å². The van der Waals surface area contributed by atoms with E-state index in [4.69, 9.17) is 9.15 Å². The first-order chi connectivity index (χ1) is 17.7. The zero-order valence-corrected chi connectivity index (χ0v) is 25.9. The molecule has 0 aliphatic carbocycles. The molecule has 0 spiro atoms. The van der Waals surface area contributed by atoms with Gasteiger partial charge in [-0.3, -0.25) is 9.59 Å². The molecule has 3 atom stereocenters. The van der Waals surface area contributed by atoms with Crippen LogP contribution in [0.25, 0.3) is 5.57 Å². The van der Waals surface area contributed by atoms with Crippen molar-refractivity contribution >= 4 is 11.4 Å². The number of rotatable bonds is 13. The Hall–Kier alpha value is -2.88. The molecule has 0 N–H and O–H groups in total. The van der Waals surface area contributed by atoms with Gasteiger partial charge in [0.15, 0.2) is 11.2 Å². The number of hydrogen-bond donors (Lipinski definition) is 0.